The number of aliphatic hydroxyl groups excluding tert-OH is 1. The van der Waals surface area contributed by atoms with Crippen LogP contribution in [-0.4, -0.2) is 18.1 Å². The maximum Gasteiger partial charge on any atom is 0.128 e. The second-order valence-corrected chi connectivity index (χ2v) is 3.31. The van der Waals surface area contributed by atoms with Crippen LogP contribution in [0.3, 0.4) is 0 Å². The molecule has 0 saturated carbocycles. The van der Waals surface area contributed by atoms with Crippen molar-refractivity contribution in [3.63, 3.8) is 0 Å². The number of carbonyl (C=O) groups excluding carboxylic acids is 1. The van der Waals surface area contributed by atoms with Crippen molar-refractivity contribution in [3.05, 3.63) is 35.4 Å². The van der Waals surface area contributed by atoms with Gasteiger partial charge in [0.15, 0.2) is 0 Å². The van der Waals surface area contributed by atoms with Crippen LogP contribution >= 0.6 is 0 Å². The van der Waals surface area contributed by atoms with Gasteiger partial charge in [0.1, 0.15) is 13.0 Å². The number of rotatable bonds is 4. The van der Waals surface area contributed by atoms with E-state index in [1.165, 1.54) is 0 Å². The highest BCUT2D eigenvalue weighted by molar-refractivity contribution is 5.55. The van der Waals surface area contributed by atoms with Gasteiger partial charge >= 0.3 is 0 Å². The van der Waals surface area contributed by atoms with Crippen molar-refractivity contribution < 1.29 is 14.3 Å². The van der Waals surface area contributed by atoms with E-state index < -0.39 is 18.7 Å². The smallest absolute Gasteiger partial charge is 0.128 e. The molecule has 3 heteroatoms. The van der Waals surface area contributed by atoms with Crippen LogP contribution in [0.4, 0.5) is 4.39 Å². The number of hydrogen-bond donors (Lipinski definition) is 1. The van der Waals surface area contributed by atoms with E-state index in [0.717, 1.165) is 5.56 Å². The van der Waals surface area contributed by atoms with Gasteiger partial charge in [-0.2, -0.15) is 0 Å². The molecule has 2 nitrogen and oxygen atoms in total. The molecule has 1 aromatic carbocycles. The summed E-state index contributed by atoms with van der Waals surface area (Å²) in [5.41, 5.74) is 1.63. The Bertz CT molecular complexity index is 295. The van der Waals surface area contributed by atoms with Gasteiger partial charge in [-0.25, -0.2) is 0 Å². The Morgan fingerprint density at radius 1 is 1.43 bits per heavy atom. The zero-order valence-electron chi connectivity index (χ0n) is 7.98. The summed E-state index contributed by atoms with van der Waals surface area (Å²) in [5, 5.41) is 9.60. The van der Waals surface area contributed by atoms with Gasteiger partial charge in [0.05, 0.1) is 12.0 Å². The molecule has 0 bridgehead atoms. The molecule has 0 spiro atoms. The third-order valence-electron chi connectivity index (χ3n) is 2.18. The van der Waals surface area contributed by atoms with Crippen LogP contribution in [0.5, 0.6) is 0 Å². The van der Waals surface area contributed by atoms with E-state index in [9.17, 15) is 14.3 Å². The maximum absolute atomic E-state index is 12.3. The van der Waals surface area contributed by atoms with E-state index in [1.807, 2.05) is 19.1 Å². The van der Waals surface area contributed by atoms with Gasteiger partial charge in [-0.05, 0) is 12.5 Å². The van der Waals surface area contributed by atoms with Gasteiger partial charge in [0, 0.05) is 0 Å². The number of halogens is 1. The lowest BCUT2D eigenvalue weighted by atomic mass is 9.97. The highest BCUT2D eigenvalue weighted by Crippen LogP contribution is 2.21. The highest BCUT2D eigenvalue weighted by atomic mass is 19.1. The first-order chi connectivity index (χ1) is 6.69. The molecule has 0 aromatic heterocycles. The Kier molecular flexibility index (Phi) is 3.77. The molecule has 0 radical (unpaired) electrons. The molecule has 1 rings (SSSR count). The fourth-order valence-electron chi connectivity index (χ4n) is 1.21. The topological polar surface area (TPSA) is 37.3 Å². The first-order valence-corrected chi connectivity index (χ1v) is 4.45. The van der Waals surface area contributed by atoms with Crippen molar-refractivity contribution in [1.29, 1.82) is 0 Å². The van der Waals surface area contributed by atoms with E-state index in [4.69, 9.17) is 0 Å². The van der Waals surface area contributed by atoms with Crippen LogP contribution < -0.4 is 0 Å². The molecule has 14 heavy (non-hydrogen) atoms. The minimum absolute atomic E-state index is 0.449. The highest BCUT2D eigenvalue weighted by Gasteiger charge is 2.19. The van der Waals surface area contributed by atoms with Gasteiger partial charge in [-0.3, -0.25) is 4.39 Å². The zero-order valence-corrected chi connectivity index (χ0v) is 7.98. The van der Waals surface area contributed by atoms with Crippen LogP contribution in [0, 0.1) is 12.8 Å². The number of aryl methyl sites for hydroxylation is 1. The molecule has 0 unspecified atom stereocenters. The molecule has 0 fully saturated rings. The van der Waals surface area contributed by atoms with Crippen LogP contribution in [0.2, 0.25) is 0 Å². The first kappa shape index (κ1) is 10.9. The van der Waals surface area contributed by atoms with E-state index in [1.54, 1.807) is 12.1 Å². The van der Waals surface area contributed by atoms with E-state index in [0.29, 0.717) is 11.8 Å². The largest absolute Gasteiger partial charge is 0.388 e. The minimum atomic E-state index is -1.04. The number of benzene rings is 1. The lowest BCUT2D eigenvalue weighted by Crippen LogP contribution is -2.15. The summed E-state index contributed by atoms with van der Waals surface area (Å²) in [6.07, 6.45) is -0.594. The predicted octanol–water partition coefficient (Wildman–Crippen LogP) is 1.81. The third kappa shape index (κ3) is 2.39. The van der Waals surface area contributed by atoms with Gasteiger partial charge in [-0.15, -0.1) is 0 Å². The second-order valence-electron chi connectivity index (χ2n) is 3.31. The first-order valence-electron chi connectivity index (χ1n) is 4.45. The SMILES string of the molecule is Cc1ccc([C@@H](O)[C@H](C=O)CF)cc1. The molecule has 2 atom stereocenters. The molecule has 0 aliphatic rings. The van der Waals surface area contributed by atoms with Crippen molar-refractivity contribution in [1.82, 2.24) is 0 Å². The number of carbonyl (C=O) groups is 1. The molecule has 0 aliphatic heterocycles. The van der Waals surface area contributed by atoms with E-state index in [-0.39, 0.29) is 0 Å². The summed E-state index contributed by atoms with van der Waals surface area (Å²) in [7, 11) is 0. The number of aldehydes is 1. The molecule has 76 valence electrons. The Morgan fingerprint density at radius 2 is 2.00 bits per heavy atom. The lowest BCUT2D eigenvalue weighted by Gasteiger charge is -2.14. The van der Waals surface area contributed by atoms with E-state index in [2.05, 4.69) is 0 Å². The predicted molar refractivity (Wildman–Crippen MR) is 51.7 cm³/mol. The number of hydrogen-bond acceptors (Lipinski definition) is 2. The Balaban J connectivity index is 2.82. The average Bonchev–Trinajstić information content (AvgIpc) is 2.20. The summed E-state index contributed by atoms with van der Waals surface area (Å²) in [5.74, 6) is -0.960. The molecule has 0 aliphatic carbocycles. The standard InChI is InChI=1S/C11H13FO2/c1-8-2-4-9(5-3-8)11(14)10(6-12)7-13/h2-5,7,10-11,14H,6H2,1H3/t10-,11+/m0/s1. The summed E-state index contributed by atoms with van der Waals surface area (Å²) in [6, 6.07) is 7.04. The average molecular weight is 196 g/mol. The monoisotopic (exact) mass is 196 g/mol. The Hall–Kier alpha value is -1.22. The van der Waals surface area contributed by atoms with E-state index >= 15 is 0 Å². The second kappa shape index (κ2) is 4.86. The lowest BCUT2D eigenvalue weighted by molar-refractivity contribution is -0.115. The van der Waals surface area contributed by atoms with Crippen molar-refractivity contribution in [2.45, 2.75) is 13.0 Å². The fraction of sp³-hybridized carbons (Fsp3) is 0.364. The molecule has 0 saturated heterocycles. The molecule has 1 N–H and O–H groups in total. The summed E-state index contributed by atoms with van der Waals surface area (Å²) in [6.45, 7) is 1.08. The third-order valence-corrected chi connectivity index (χ3v) is 2.18. The Labute approximate surface area is 82.4 Å². The normalized spacial score (nSPS) is 14.8. The number of aliphatic hydroxyl groups is 1. The van der Waals surface area contributed by atoms with Crippen LogP contribution in [-0.2, 0) is 4.79 Å². The van der Waals surface area contributed by atoms with Crippen molar-refractivity contribution >= 4 is 6.29 Å². The summed E-state index contributed by atoms with van der Waals surface area (Å²) in [4.78, 5) is 10.4. The van der Waals surface area contributed by atoms with Gasteiger partial charge in [0.25, 0.3) is 0 Å². The molecular formula is C11H13FO2. The molecular weight excluding hydrogens is 183 g/mol. The zero-order chi connectivity index (χ0) is 10.6. The molecule has 0 heterocycles. The minimum Gasteiger partial charge on any atom is -0.388 e. The van der Waals surface area contributed by atoms with Crippen LogP contribution in [0.25, 0.3) is 0 Å². The quantitative estimate of drug-likeness (QED) is 0.746. The van der Waals surface area contributed by atoms with Gasteiger partial charge in [0.2, 0.25) is 0 Å². The van der Waals surface area contributed by atoms with Gasteiger partial charge < -0.3 is 9.90 Å². The van der Waals surface area contributed by atoms with Gasteiger partial charge in [-0.1, -0.05) is 29.8 Å². The Morgan fingerprint density at radius 3 is 2.43 bits per heavy atom. The number of alkyl halides is 1. The molecule has 1 aromatic rings. The maximum atomic E-state index is 12.3. The summed E-state index contributed by atoms with van der Waals surface area (Å²) < 4.78 is 12.3. The van der Waals surface area contributed by atoms with Crippen LogP contribution in [0.1, 0.15) is 17.2 Å². The van der Waals surface area contributed by atoms with Crippen molar-refractivity contribution in [3.8, 4) is 0 Å². The summed E-state index contributed by atoms with van der Waals surface area (Å²) >= 11 is 0. The van der Waals surface area contributed by atoms with Crippen molar-refractivity contribution in [2.24, 2.45) is 5.92 Å². The molecule has 0 amide bonds. The van der Waals surface area contributed by atoms with Crippen molar-refractivity contribution in [2.75, 3.05) is 6.67 Å². The van der Waals surface area contributed by atoms with Crippen LogP contribution in [0.15, 0.2) is 24.3 Å². The fourth-order valence-corrected chi connectivity index (χ4v) is 1.21.